The predicted molar refractivity (Wildman–Crippen MR) is 106 cm³/mol. The van der Waals surface area contributed by atoms with Crippen LogP contribution in [0, 0.1) is 5.82 Å². The fourth-order valence-corrected chi connectivity index (χ4v) is 6.64. The van der Waals surface area contributed by atoms with E-state index in [0.717, 1.165) is 12.8 Å². The number of sulfonamides is 2. The summed E-state index contributed by atoms with van der Waals surface area (Å²) >= 11 is 0. The third-order valence-corrected chi connectivity index (χ3v) is 9.07. The van der Waals surface area contributed by atoms with Crippen LogP contribution < -0.4 is 0 Å². The zero-order chi connectivity index (χ0) is 20.6. The molecule has 0 N–H and O–H groups in total. The topological polar surface area (TPSA) is 78.0 Å². The summed E-state index contributed by atoms with van der Waals surface area (Å²) in [5.41, 5.74) is 0.202. The highest BCUT2D eigenvalue weighted by atomic mass is 32.2. The number of halogens is 1. The quantitative estimate of drug-likeness (QED) is 0.671. The van der Waals surface area contributed by atoms with Crippen LogP contribution in [0.5, 0.6) is 0 Å². The van der Waals surface area contributed by atoms with Crippen molar-refractivity contribution in [1.82, 2.24) is 13.5 Å². The van der Waals surface area contributed by atoms with E-state index in [2.05, 4.69) is 11.8 Å². The molecule has 0 spiro atoms. The van der Waals surface area contributed by atoms with E-state index in [-0.39, 0.29) is 11.3 Å². The molecule has 0 amide bonds. The Labute approximate surface area is 167 Å². The Morgan fingerprint density at radius 3 is 2.25 bits per heavy atom. The third kappa shape index (κ3) is 4.56. The molecule has 0 saturated carbocycles. The Morgan fingerprint density at radius 2 is 1.71 bits per heavy atom. The van der Waals surface area contributed by atoms with Gasteiger partial charge in [0.25, 0.3) is 0 Å². The first-order chi connectivity index (χ1) is 13.1. The minimum Gasteiger partial charge on any atom is -0.294 e. The van der Waals surface area contributed by atoms with Crippen LogP contribution in [0.2, 0.25) is 0 Å². The maximum atomic E-state index is 13.3. The highest BCUT2D eigenvalue weighted by molar-refractivity contribution is 7.88. The minimum atomic E-state index is -3.53. The summed E-state index contributed by atoms with van der Waals surface area (Å²) < 4.78 is 65.6. The van der Waals surface area contributed by atoms with Gasteiger partial charge < -0.3 is 0 Å². The molecule has 0 unspecified atom stereocenters. The van der Waals surface area contributed by atoms with E-state index in [4.69, 9.17) is 0 Å². The van der Waals surface area contributed by atoms with Gasteiger partial charge in [0.2, 0.25) is 20.0 Å². The van der Waals surface area contributed by atoms with Crippen LogP contribution in [-0.4, -0.2) is 81.4 Å². The van der Waals surface area contributed by atoms with Gasteiger partial charge in [-0.05, 0) is 30.5 Å². The summed E-state index contributed by atoms with van der Waals surface area (Å²) in [6, 6.07) is 5.66. The molecule has 2 saturated heterocycles. The predicted octanol–water partition coefficient (Wildman–Crippen LogP) is 1.09. The zero-order valence-electron chi connectivity index (χ0n) is 16.3. The van der Waals surface area contributed by atoms with E-state index in [1.54, 1.807) is 6.07 Å². The fourth-order valence-electron chi connectivity index (χ4n) is 4.24. The maximum absolute atomic E-state index is 13.3. The van der Waals surface area contributed by atoms with Crippen LogP contribution in [0.15, 0.2) is 24.3 Å². The highest BCUT2D eigenvalue weighted by Crippen LogP contribution is 2.33. The molecule has 2 fully saturated rings. The lowest BCUT2D eigenvalue weighted by atomic mass is 9.92. The first-order valence-electron chi connectivity index (χ1n) is 9.48. The van der Waals surface area contributed by atoms with Gasteiger partial charge in [0, 0.05) is 44.8 Å². The van der Waals surface area contributed by atoms with Crippen LogP contribution >= 0.6 is 0 Å². The molecule has 28 heavy (non-hydrogen) atoms. The molecule has 1 aromatic rings. The van der Waals surface area contributed by atoms with Crippen molar-refractivity contribution in [1.29, 1.82) is 0 Å². The van der Waals surface area contributed by atoms with Crippen molar-refractivity contribution in [3.8, 4) is 0 Å². The van der Waals surface area contributed by atoms with E-state index in [1.807, 2.05) is 0 Å². The summed E-state index contributed by atoms with van der Waals surface area (Å²) in [5.74, 6) is -0.662. The molecule has 10 heteroatoms. The van der Waals surface area contributed by atoms with Crippen LogP contribution in [-0.2, 0) is 25.8 Å². The Bertz CT molecular complexity index is 915. The second-order valence-electron chi connectivity index (χ2n) is 7.70. The van der Waals surface area contributed by atoms with Crippen LogP contribution in [0.3, 0.4) is 0 Å². The number of hydrogen-bond acceptors (Lipinski definition) is 5. The van der Waals surface area contributed by atoms with Gasteiger partial charge in [-0.1, -0.05) is 19.1 Å². The molecule has 2 heterocycles. The van der Waals surface area contributed by atoms with Crippen molar-refractivity contribution in [2.75, 3.05) is 45.5 Å². The second kappa shape index (κ2) is 7.98. The molecule has 3 rings (SSSR count). The van der Waals surface area contributed by atoms with Gasteiger partial charge in [-0.2, -0.15) is 4.31 Å². The normalized spacial score (nSPS) is 26.0. The zero-order valence-corrected chi connectivity index (χ0v) is 18.0. The molecular formula is C18H28FN3O4S2. The van der Waals surface area contributed by atoms with Crippen molar-refractivity contribution in [3.63, 3.8) is 0 Å². The van der Waals surface area contributed by atoms with Crippen LogP contribution in [0.25, 0.3) is 0 Å². The van der Waals surface area contributed by atoms with Gasteiger partial charge in [-0.15, -0.1) is 0 Å². The molecule has 158 valence electrons. The molecule has 0 aliphatic carbocycles. The lowest BCUT2D eigenvalue weighted by Gasteiger charge is -2.45. The Morgan fingerprint density at radius 1 is 1.04 bits per heavy atom. The molecule has 2 aliphatic rings. The largest absolute Gasteiger partial charge is 0.294 e. The first-order valence-corrected chi connectivity index (χ1v) is 12.9. The number of nitrogens with zero attached hydrogens (tertiary/aromatic N) is 3. The molecular weight excluding hydrogens is 405 g/mol. The molecule has 0 bridgehead atoms. The number of hydrogen-bond donors (Lipinski definition) is 0. The SMILES string of the molecule is CC[C@]1(N2CCN(S(=O)(=O)Cc3cccc(F)c3)CC2)CCN(S(C)(=O)=O)C1. The second-order valence-corrected chi connectivity index (χ2v) is 11.6. The maximum Gasteiger partial charge on any atom is 0.218 e. The van der Waals surface area contributed by atoms with Crippen LogP contribution in [0.4, 0.5) is 4.39 Å². The summed E-state index contributed by atoms with van der Waals surface area (Å²) in [7, 11) is -6.75. The molecule has 7 nitrogen and oxygen atoms in total. The van der Waals surface area contributed by atoms with E-state index < -0.39 is 25.9 Å². The summed E-state index contributed by atoms with van der Waals surface area (Å²) in [4.78, 5) is 2.24. The van der Waals surface area contributed by atoms with Crippen molar-refractivity contribution in [2.24, 2.45) is 0 Å². The smallest absolute Gasteiger partial charge is 0.218 e. The molecule has 0 radical (unpaired) electrons. The van der Waals surface area contributed by atoms with Crippen LogP contribution in [0.1, 0.15) is 25.3 Å². The van der Waals surface area contributed by atoms with Crippen molar-refractivity contribution >= 4 is 20.0 Å². The fraction of sp³-hybridized carbons (Fsp3) is 0.667. The average molecular weight is 434 g/mol. The van der Waals surface area contributed by atoms with E-state index >= 15 is 0 Å². The number of rotatable bonds is 6. The molecule has 2 aliphatic heterocycles. The Hall–Kier alpha value is -1.07. The molecule has 0 aromatic heterocycles. The monoisotopic (exact) mass is 433 g/mol. The van der Waals surface area contributed by atoms with Gasteiger partial charge in [0.1, 0.15) is 5.82 Å². The highest BCUT2D eigenvalue weighted by Gasteiger charge is 2.45. The lowest BCUT2D eigenvalue weighted by molar-refractivity contribution is 0.0599. The van der Waals surface area contributed by atoms with E-state index in [0.29, 0.717) is 44.8 Å². The summed E-state index contributed by atoms with van der Waals surface area (Å²) in [6.45, 7) is 4.86. The van der Waals surface area contributed by atoms with E-state index in [1.165, 1.54) is 33.1 Å². The number of piperazine rings is 1. The Balaban J connectivity index is 1.65. The standard InChI is InChI=1S/C18H28FN3O4S2/c1-3-18(7-8-22(15-18)27(2,23)24)20-9-11-21(12-10-20)28(25,26)14-16-5-4-6-17(19)13-16/h4-6,13H,3,7-12,14-15H2,1-2H3/t18-/m0/s1. The van der Waals surface area contributed by atoms with Gasteiger partial charge in [0.05, 0.1) is 12.0 Å². The Kier molecular flexibility index (Phi) is 6.17. The summed E-state index contributed by atoms with van der Waals surface area (Å²) in [6.07, 6.45) is 2.80. The summed E-state index contributed by atoms with van der Waals surface area (Å²) in [5, 5.41) is 0. The lowest BCUT2D eigenvalue weighted by Crippen LogP contribution is -2.59. The third-order valence-electron chi connectivity index (χ3n) is 5.97. The molecule has 1 aromatic carbocycles. The van der Waals surface area contributed by atoms with Gasteiger partial charge in [0.15, 0.2) is 0 Å². The molecule has 1 atom stereocenters. The van der Waals surface area contributed by atoms with Crippen molar-refractivity contribution < 1.29 is 21.2 Å². The average Bonchev–Trinajstić information content (AvgIpc) is 3.08. The number of benzene rings is 1. The van der Waals surface area contributed by atoms with Gasteiger partial charge >= 0.3 is 0 Å². The van der Waals surface area contributed by atoms with Gasteiger partial charge in [-0.3, -0.25) is 4.90 Å². The van der Waals surface area contributed by atoms with E-state index in [9.17, 15) is 21.2 Å². The van der Waals surface area contributed by atoms with Crippen molar-refractivity contribution in [2.45, 2.75) is 31.1 Å². The first kappa shape index (κ1) is 21.6. The van der Waals surface area contributed by atoms with Crippen molar-refractivity contribution in [3.05, 3.63) is 35.6 Å². The minimum absolute atomic E-state index is 0.217. The van der Waals surface area contributed by atoms with Gasteiger partial charge in [-0.25, -0.2) is 25.5 Å².